The molecule has 0 aliphatic rings. The molecule has 2 aromatic rings. The second-order valence-corrected chi connectivity index (χ2v) is 4.85. The van der Waals surface area contributed by atoms with Gasteiger partial charge in [0.25, 0.3) is 5.91 Å². The Hall–Kier alpha value is -2.68. The number of thiophene rings is 1. The molecular formula is C12H7F2N3O3S. The van der Waals surface area contributed by atoms with E-state index in [-0.39, 0.29) is 5.00 Å². The summed E-state index contributed by atoms with van der Waals surface area (Å²) in [5.74, 6) is -2.55. The predicted molar refractivity (Wildman–Crippen MR) is 72.4 cm³/mol. The number of nitrogens with zero attached hydrogens (tertiary/aromatic N) is 2. The first kappa shape index (κ1) is 14.7. The SMILES string of the molecule is O=C(N/N=C\c1ccc([N+](=O)[O-])s1)c1cc(F)ccc1F. The molecule has 0 spiro atoms. The van der Waals surface area contributed by atoms with Crippen molar-refractivity contribution in [2.24, 2.45) is 5.10 Å². The van der Waals surface area contributed by atoms with Crippen LogP contribution in [0.2, 0.25) is 0 Å². The minimum atomic E-state index is -0.922. The standard InChI is InChI=1S/C12H7F2N3O3S/c13-7-1-3-10(14)9(5-7)12(18)16-15-6-8-2-4-11(21-8)17(19)20/h1-6H,(H,16,18)/b15-6-. The van der Waals surface area contributed by atoms with Gasteiger partial charge in [-0.05, 0) is 24.3 Å². The smallest absolute Gasteiger partial charge is 0.267 e. The molecule has 6 nitrogen and oxygen atoms in total. The molecule has 1 aromatic carbocycles. The molecule has 1 aromatic heterocycles. The van der Waals surface area contributed by atoms with Crippen LogP contribution in [0, 0.1) is 21.7 Å². The van der Waals surface area contributed by atoms with E-state index in [9.17, 15) is 23.7 Å². The highest BCUT2D eigenvalue weighted by Gasteiger charge is 2.12. The van der Waals surface area contributed by atoms with Crippen molar-refractivity contribution >= 4 is 28.5 Å². The van der Waals surface area contributed by atoms with Gasteiger partial charge in [-0.25, -0.2) is 14.2 Å². The van der Waals surface area contributed by atoms with Crippen molar-refractivity contribution in [1.82, 2.24) is 5.43 Å². The van der Waals surface area contributed by atoms with Gasteiger partial charge in [0.1, 0.15) is 11.6 Å². The van der Waals surface area contributed by atoms with Gasteiger partial charge < -0.3 is 0 Å². The highest BCUT2D eigenvalue weighted by atomic mass is 32.1. The number of nitro groups is 1. The fraction of sp³-hybridized carbons (Fsp3) is 0. The zero-order valence-electron chi connectivity index (χ0n) is 10.2. The molecule has 0 saturated heterocycles. The van der Waals surface area contributed by atoms with Crippen LogP contribution in [-0.4, -0.2) is 17.0 Å². The number of amides is 1. The molecule has 0 radical (unpaired) electrons. The quantitative estimate of drug-likeness (QED) is 0.535. The van der Waals surface area contributed by atoms with Gasteiger partial charge in [0.2, 0.25) is 0 Å². The maximum absolute atomic E-state index is 13.3. The number of benzene rings is 1. The van der Waals surface area contributed by atoms with Crippen molar-refractivity contribution in [1.29, 1.82) is 0 Å². The van der Waals surface area contributed by atoms with Gasteiger partial charge in [0.05, 0.1) is 21.6 Å². The third kappa shape index (κ3) is 3.66. The summed E-state index contributed by atoms with van der Waals surface area (Å²) in [5, 5.41) is 13.9. The van der Waals surface area contributed by atoms with E-state index in [0.717, 1.165) is 29.5 Å². The number of carbonyl (C=O) groups is 1. The Bertz CT molecular complexity index is 730. The Kier molecular flexibility index (Phi) is 4.33. The van der Waals surface area contributed by atoms with Crippen LogP contribution in [0.1, 0.15) is 15.2 Å². The number of hydrogen-bond donors (Lipinski definition) is 1. The lowest BCUT2D eigenvalue weighted by Crippen LogP contribution is -2.19. The van der Waals surface area contributed by atoms with E-state index in [4.69, 9.17) is 0 Å². The number of carbonyl (C=O) groups excluding carboxylic acids is 1. The Labute approximate surface area is 120 Å². The highest BCUT2D eigenvalue weighted by molar-refractivity contribution is 7.16. The topological polar surface area (TPSA) is 84.6 Å². The lowest BCUT2D eigenvalue weighted by molar-refractivity contribution is -0.380. The van der Waals surface area contributed by atoms with E-state index in [1.54, 1.807) is 0 Å². The zero-order valence-corrected chi connectivity index (χ0v) is 11.1. The summed E-state index contributed by atoms with van der Waals surface area (Å²) in [7, 11) is 0. The van der Waals surface area contributed by atoms with Gasteiger partial charge in [-0.15, -0.1) is 0 Å². The minimum Gasteiger partial charge on any atom is -0.267 e. The third-order valence-corrected chi connectivity index (χ3v) is 3.29. The van der Waals surface area contributed by atoms with E-state index >= 15 is 0 Å². The van der Waals surface area contributed by atoms with Crippen LogP contribution in [0.15, 0.2) is 35.4 Å². The fourth-order valence-corrected chi connectivity index (χ4v) is 2.09. The van der Waals surface area contributed by atoms with E-state index in [0.29, 0.717) is 4.88 Å². The van der Waals surface area contributed by atoms with Crippen molar-refractivity contribution in [2.75, 3.05) is 0 Å². The Balaban J connectivity index is 2.04. The number of hydrazone groups is 1. The fourth-order valence-electron chi connectivity index (χ4n) is 1.40. The first-order valence-electron chi connectivity index (χ1n) is 5.50. The van der Waals surface area contributed by atoms with Crippen molar-refractivity contribution in [2.45, 2.75) is 0 Å². The van der Waals surface area contributed by atoms with E-state index in [1.807, 2.05) is 5.43 Å². The molecule has 0 bridgehead atoms. The predicted octanol–water partition coefficient (Wildman–Crippen LogP) is 2.70. The summed E-state index contributed by atoms with van der Waals surface area (Å²) in [6.45, 7) is 0. The molecule has 108 valence electrons. The number of hydrogen-bond acceptors (Lipinski definition) is 5. The average Bonchev–Trinajstić information content (AvgIpc) is 2.90. The molecule has 1 heterocycles. The van der Waals surface area contributed by atoms with Gasteiger partial charge in [-0.3, -0.25) is 14.9 Å². The molecule has 1 N–H and O–H groups in total. The number of rotatable bonds is 4. The van der Waals surface area contributed by atoms with Crippen LogP contribution in [0.25, 0.3) is 0 Å². The molecular weight excluding hydrogens is 304 g/mol. The van der Waals surface area contributed by atoms with Crippen LogP contribution in [0.4, 0.5) is 13.8 Å². The number of nitrogens with one attached hydrogen (secondary N) is 1. The first-order chi connectivity index (χ1) is 9.97. The van der Waals surface area contributed by atoms with Crippen LogP contribution < -0.4 is 5.43 Å². The Morgan fingerprint density at radius 1 is 1.33 bits per heavy atom. The van der Waals surface area contributed by atoms with Crippen LogP contribution in [-0.2, 0) is 0 Å². The summed E-state index contributed by atoms with van der Waals surface area (Å²) in [4.78, 5) is 21.9. The molecule has 0 saturated carbocycles. The summed E-state index contributed by atoms with van der Waals surface area (Å²) in [6, 6.07) is 5.20. The van der Waals surface area contributed by atoms with Gasteiger partial charge in [0.15, 0.2) is 0 Å². The zero-order chi connectivity index (χ0) is 15.4. The summed E-state index contributed by atoms with van der Waals surface area (Å²) >= 11 is 0.860. The van der Waals surface area contributed by atoms with E-state index in [1.165, 1.54) is 18.3 Å². The van der Waals surface area contributed by atoms with Crippen molar-refractivity contribution in [3.8, 4) is 0 Å². The summed E-state index contributed by atoms with van der Waals surface area (Å²) < 4.78 is 26.2. The Morgan fingerprint density at radius 2 is 2.10 bits per heavy atom. The van der Waals surface area contributed by atoms with Gasteiger partial charge in [-0.2, -0.15) is 5.10 Å². The van der Waals surface area contributed by atoms with Gasteiger partial charge in [-0.1, -0.05) is 11.3 Å². The van der Waals surface area contributed by atoms with Crippen molar-refractivity contribution in [3.63, 3.8) is 0 Å². The lowest BCUT2D eigenvalue weighted by atomic mass is 10.2. The summed E-state index contributed by atoms with van der Waals surface area (Å²) in [5.41, 5.74) is 1.53. The molecule has 1 amide bonds. The third-order valence-electron chi connectivity index (χ3n) is 2.32. The molecule has 0 aliphatic heterocycles. The molecule has 21 heavy (non-hydrogen) atoms. The first-order valence-corrected chi connectivity index (χ1v) is 6.31. The van der Waals surface area contributed by atoms with E-state index < -0.39 is 28.0 Å². The largest absolute Gasteiger partial charge is 0.324 e. The lowest BCUT2D eigenvalue weighted by Gasteiger charge is -2.01. The molecule has 0 fully saturated rings. The highest BCUT2D eigenvalue weighted by Crippen LogP contribution is 2.22. The summed E-state index contributed by atoms with van der Waals surface area (Å²) in [6.07, 6.45) is 1.17. The maximum atomic E-state index is 13.3. The average molecular weight is 311 g/mol. The van der Waals surface area contributed by atoms with Crippen LogP contribution in [0.3, 0.4) is 0 Å². The minimum absolute atomic E-state index is 0.0704. The van der Waals surface area contributed by atoms with Crippen LogP contribution >= 0.6 is 11.3 Å². The van der Waals surface area contributed by atoms with Gasteiger partial charge in [0, 0.05) is 6.07 Å². The molecule has 2 rings (SSSR count). The molecule has 9 heteroatoms. The molecule has 0 unspecified atom stereocenters. The van der Waals surface area contributed by atoms with Crippen LogP contribution in [0.5, 0.6) is 0 Å². The second-order valence-electron chi connectivity index (χ2n) is 3.76. The number of halogens is 2. The Morgan fingerprint density at radius 3 is 2.76 bits per heavy atom. The maximum Gasteiger partial charge on any atom is 0.324 e. The van der Waals surface area contributed by atoms with Gasteiger partial charge >= 0.3 is 5.00 Å². The second kappa shape index (κ2) is 6.18. The van der Waals surface area contributed by atoms with Crippen molar-refractivity contribution < 1.29 is 18.5 Å². The van der Waals surface area contributed by atoms with E-state index in [2.05, 4.69) is 5.10 Å². The normalized spacial score (nSPS) is 10.8. The molecule has 0 atom stereocenters. The monoisotopic (exact) mass is 311 g/mol. The van der Waals surface area contributed by atoms with Crippen molar-refractivity contribution in [3.05, 3.63) is 62.5 Å². The molecule has 0 aliphatic carbocycles.